The maximum atomic E-state index is 5.32. The standard InChI is InChI=1S/C13H26N2/c1-6-12(4)14-13(5)10-9-11-15(7-2)8-3/h1,12-14H,7-11H2,2-5H3. The van der Waals surface area contributed by atoms with Crippen molar-refractivity contribution in [3.8, 4) is 12.3 Å². The lowest BCUT2D eigenvalue weighted by molar-refractivity contribution is 0.290. The zero-order valence-electron chi connectivity index (χ0n) is 10.7. The third kappa shape index (κ3) is 7.41. The highest BCUT2D eigenvalue weighted by atomic mass is 15.1. The minimum Gasteiger partial charge on any atom is -0.304 e. The van der Waals surface area contributed by atoms with Gasteiger partial charge in [0.25, 0.3) is 0 Å². The summed E-state index contributed by atoms with van der Waals surface area (Å²) in [4.78, 5) is 2.46. The molecule has 2 atom stereocenters. The summed E-state index contributed by atoms with van der Waals surface area (Å²) >= 11 is 0. The summed E-state index contributed by atoms with van der Waals surface area (Å²) in [5.41, 5.74) is 0. The van der Waals surface area contributed by atoms with Crippen LogP contribution in [0.2, 0.25) is 0 Å². The van der Waals surface area contributed by atoms with Crippen LogP contribution in [0.4, 0.5) is 0 Å². The summed E-state index contributed by atoms with van der Waals surface area (Å²) < 4.78 is 0. The fourth-order valence-corrected chi connectivity index (χ4v) is 1.72. The maximum absolute atomic E-state index is 5.32. The van der Waals surface area contributed by atoms with Gasteiger partial charge in [0.1, 0.15) is 0 Å². The minimum atomic E-state index is 0.188. The van der Waals surface area contributed by atoms with Gasteiger partial charge in [0, 0.05) is 6.04 Å². The second-order valence-electron chi connectivity index (χ2n) is 4.13. The number of terminal acetylenes is 1. The van der Waals surface area contributed by atoms with Gasteiger partial charge in [-0.3, -0.25) is 0 Å². The van der Waals surface area contributed by atoms with Crippen LogP contribution in [0.25, 0.3) is 0 Å². The van der Waals surface area contributed by atoms with Crippen LogP contribution >= 0.6 is 0 Å². The normalized spacial score (nSPS) is 14.9. The van der Waals surface area contributed by atoms with Crippen molar-refractivity contribution in [1.82, 2.24) is 10.2 Å². The molecule has 0 saturated heterocycles. The molecule has 0 aromatic carbocycles. The first-order valence-corrected chi connectivity index (χ1v) is 6.08. The van der Waals surface area contributed by atoms with Crippen molar-refractivity contribution in [1.29, 1.82) is 0 Å². The fraction of sp³-hybridized carbons (Fsp3) is 0.846. The topological polar surface area (TPSA) is 15.3 Å². The van der Waals surface area contributed by atoms with E-state index < -0.39 is 0 Å². The molecule has 88 valence electrons. The molecule has 0 rings (SSSR count). The van der Waals surface area contributed by atoms with Gasteiger partial charge in [-0.05, 0) is 46.3 Å². The lowest BCUT2D eigenvalue weighted by Crippen LogP contribution is -2.34. The van der Waals surface area contributed by atoms with Crippen LogP contribution in [-0.4, -0.2) is 36.6 Å². The van der Waals surface area contributed by atoms with Crippen molar-refractivity contribution in [2.75, 3.05) is 19.6 Å². The first kappa shape index (κ1) is 14.5. The Morgan fingerprint density at radius 2 is 1.87 bits per heavy atom. The van der Waals surface area contributed by atoms with Gasteiger partial charge in [-0.25, -0.2) is 0 Å². The highest BCUT2D eigenvalue weighted by molar-refractivity contribution is 4.96. The van der Waals surface area contributed by atoms with E-state index >= 15 is 0 Å². The van der Waals surface area contributed by atoms with Crippen molar-refractivity contribution < 1.29 is 0 Å². The van der Waals surface area contributed by atoms with Crippen molar-refractivity contribution in [3.63, 3.8) is 0 Å². The maximum Gasteiger partial charge on any atom is 0.0660 e. The molecule has 0 aliphatic carbocycles. The van der Waals surface area contributed by atoms with Crippen LogP contribution in [0.3, 0.4) is 0 Å². The van der Waals surface area contributed by atoms with Gasteiger partial charge in [-0.15, -0.1) is 6.42 Å². The lowest BCUT2D eigenvalue weighted by Gasteiger charge is -2.20. The summed E-state index contributed by atoms with van der Waals surface area (Å²) in [6, 6.07) is 0.708. The molecule has 1 N–H and O–H groups in total. The predicted molar refractivity (Wildman–Crippen MR) is 67.9 cm³/mol. The van der Waals surface area contributed by atoms with Gasteiger partial charge in [0.05, 0.1) is 6.04 Å². The summed E-state index contributed by atoms with van der Waals surface area (Å²) in [6.07, 6.45) is 7.76. The van der Waals surface area contributed by atoms with Gasteiger partial charge in [0.2, 0.25) is 0 Å². The van der Waals surface area contributed by atoms with Crippen molar-refractivity contribution in [2.24, 2.45) is 0 Å². The Morgan fingerprint density at radius 1 is 1.27 bits per heavy atom. The van der Waals surface area contributed by atoms with E-state index in [4.69, 9.17) is 6.42 Å². The predicted octanol–water partition coefficient (Wildman–Crippen LogP) is 2.11. The van der Waals surface area contributed by atoms with Crippen LogP contribution in [0.15, 0.2) is 0 Å². The summed E-state index contributed by atoms with van der Waals surface area (Å²) in [5, 5.41) is 3.38. The molecule has 0 bridgehead atoms. The molecule has 2 nitrogen and oxygen atoms in total. The Labute approximate surface area is 95.4 Å². The average Bonchev–Trinajstić information content (AvgIpc) is 2.24. The first-order chi connectivity index (χ1) is 7.13. The van der Waals surface area contributed by atoms with Crippen LogP contribution in [0, 0.1) is 12.3 Å². The molecule has 0 aromatic rings. The van der Waals surface area contributed by atoms with E-state index in [9.17, 15) is 0 Å². The zero-order valence-corrected chi connectivity index (χ0v) is 10.7. The summed E-state index contributed by atoms with van der Waals surface area (Å²) in [7, 11) is 0. The Morgan fingerprint density at radius 3 is 2.33 bits per heavy atom. The molecule has 0 heterocycles. The van der Waals surface area contributed by atoms with E-state index in [0.29, 0.717) is 6.04 Å². The van der Waals surface area contributed by atoms with E-state index in [1.54, 1.807) is 0 Å². The monoisotopic (exact) mass is 210 g/mol. The molecule has 15 heavy (non-hydrogen) atoms. The molecule has 0 aliphatic rings. The Hall–Kier alpha value is -0.520. The van der Waals surface area contributed by atoms with Gasteiger partial charge in [-0.1, -0.05) is 19.8 Å². The molecule has 0 radical (unpaired) electrons. The van der Waals surface area contributed by atoms with E-state index in [-0.39, 0.29) is 6.04 Å². The second-order valence-corrected chi connectivity index (χ2v) is 4.13. The summed E-state index contributed by atoms with van der Waals surface area (Å²) in [5.74, 6) is 2.70. The van der Waals surface area contributed by atoms with Crippen molar-refractivity contribution in [3.05, 3.63) is 0 Å². The SMILES string of the molecule is C#CC(C)NC(C)CCCN(CC)CC. The van der Waals surface area contributed by atoms with Gasteiger partial charge < -0.3 is 10.2 Å². The zero-order chi connectivity index (χ0) is 11.7. The lowest BCUT2D eigenvalue weighted by atomic mass is 10.1. The molecule has 2 heteroatoms. The highest BCUT2D eigenvalue weighted by Gasteiger charge is 2.05. The number of nitrogens with one attached hydrogen (secondary N) is 1. The Kier molecular flexibility index (Phi) is 8.46. The molecular weight excluding hydrogens is 184 g/mol. The highest BCUT2D eigenvalue weighted by Crippen LogP contribution is 2.00. The third-order valence-electron chi connectivity index (χ3n) is 2.79. The summed E-state index contributed by atoms with van der Waals surface area (Å²) in [6.45, 7) is 12.2. The quantitative estimate of drug-likeness (QED) is 0.617. The van der Waals surface area contributed by atoms with Crippen LogP contribution in [0.5, 0.6) is 0 Å². The van der Waals surface area contributed by atoms with E-state index in [2.05, 4.69) is 36.9 Å². The first-order valence-electron chi connectivity index (χ1n) is 6.08. The molecule has 0 aromatic heterocycles. The molecule has 0 spiro atoms. The third-order valence-corrected chi connectivity index (χ3v) is 2.79. The van der Waals surface area contributed by atoms with E-state index in [1.807, 2.05) is 6.92 Å². The molecule has 2 unspecified atom stereocenters. The van der Waals surface area contributed by atoms with Crippen LogP contribution in [-0.2, 0) is 0 Å². The van der Waals surface area contributed by atoms with E-state index in [0.717, 1.165) is 13.1 Å². The van der Waals surface area contributed by atoms with Gasteiger partial charge in [0.15, 0.2) is 0 Å². The van der Waals surface area contributed by atoms with Crippen LogP contribution < -0.4 is 5.32 Å². The van der Waals surface area contributed by atoms with Gasteiger partial charge >= 0.3 is 0 Å². The minimum absolute atomic E-state index is 0.188. The largest absolute Gasteiger partial charge is 0.304 e. The number of rotatable bonds is 8. The molecule has 0 fully saturated rings. The van der Waals surface area contributed by atoms with Crippen LogP contribution in [0.1, 0.15) is 40.5 Å². The van der Waals surface area contributed by atoms with E-state index in [1.165, 1.54) is 19.4 Å². The molecular formula is C13H26N2. The van der Waals surface area contributed by atoms with Crippen molar-refractivity contribution in [2.45, 2.75) is 52.6 Å². The smallest absolute Gasteiger partial charge is 0.0660 e. The van der Waals surface area contributed by atoms with Gasteiger partial charge in [-0.2, -0.15) is 0 Å². The number of hydrogen-bond acceptors (Lipinski definition) is 2. The molecule has 0 aliphatic heterocycles. The fourth-order valence-electron chi connectivity index (χ4n) is 1.72. The van der Waals surface area contributed by atoms with Crippen molar-refractivity contribution >= 4 is 0 Å². The Bertz CT molecular complexity index is 179. The average molecular weight is 210 g/mol. The Balaban J connectivity index is 3.54. The number of hydrogen-bond donors (Lipinski definition) is 1. The molecule has 0 saturated carbocycles. The molecule has 0 amide bonds. The second kappa shape index (κ2) is 8.76. The number of nitrogens with zero attached hydrogens (tertiary/aromatic N) is 1.